The van der Waals surface area contributed by atoms with E-state index in [4.69, 9.17) is 23.2 Å². The Labute approximate surface area is 98.6 Å². The van der Waals surface area contributed by atoms with E-state index in [0.29, 0.717) is 10.6 Å². The van der Waals surface area contributed by atoms with Gasteiger partial charge in [0.15, 0.2) is 0 Å². The number of halogens is 3. The molecular weight excluding hydrogens is 236 g/mol. The highest BCUT2D eigenvalue weighted by molar-refractivity contribution is 6.33. The van der Waals surface area contributed by atoms with Gasteiger partial charge in [-0.05, 0) is 44.0 Å². The lowest BCUT2D eigenvalue weighted by atomic mass is 9.90. The molecule has 0 radical (unpaired) electrons. The third-order valence-corrected chi connectivity index (χ3v) is 3.45. The number of hydrogen-bond acceptors (Lipinski definition) is 1. The van der Waals surface area contributed by atoms with Crippen molar-refractivity contribution in [1.29, 1.82) is 0 Å². The summed E-state index contributed by atoms with van der Waals surface area (Å²) in [6.45, 7) is 1.82. The molecule has 1 aliphatic rings. The van der Waals surface area contributed by atoms with Gasteiger partial charge in [0.25, 0.3) is 0 Å². The van der Waals surface area contributed by atoms with Crippen molar-refractivity contribution in [2.24, 2.45) is 0 Å². The quantitative estimate of drug-likeness (QED) is 0.749. The normalized spacial score (nSPS) is 18.1. The molecule has 0 unspecified atom stereocenters. The summed E-state index contributed by atoms with van der Waals surface area (Å²) in [5, 5.41) is 3.89. The Balaban J connectivity index is 2.36. The molecule has 1 saturated heterocycles. The summed E-state index contributed by atoms with van der Waals surface area (Å²) in [7, 11) is 0. The van der Waals surface area contributed by atoms with Gasteiger partial charge in [0.2, 0.25) is 0 Å². The minimum atomic E-state index is -0.351. The number of rotatable bonds is 1. The highest BCUT2D eigenvalue weighted by Gasteiger charge is 2.22. The molecule has 1 fully saturated rings. The Bertz CT molecular complexity index is 362. The van der Waals surface area contributed by atoms with Crippen molar-refractivity contribution in [2.75, 3.05) is 13.1 Å². The lowest BCUT2D eigenvalue weighted by Crippen LogP contribution is -2.27. The topological polar surface area (TPSA) is 12.0 Å². The number of nitrogens with one attached hydrogen (secondary N) is 1. The van der Waals surface area contributed by atoms with E-state index < -0.39 is 0 Å². The molecule has 82 valence electrons. The van der Waals surface area contributed by atoms with Crippen molar-refractivity contribution in [3.05, 3.63) is 33.6 Å². The van der Waals surface area contributed by atoms with E-state index >= 15 is 0 Å². The third-order valence-electron chi connectivity index (χ3n) is 2.83. The second-order valence-electron chi connectivity index (χ2n) is 3.78. The predicted molar refractivity (Wildman–Crippen MR) is 61.3 cm³/mol. The monoisotopic (exact) mass is 247 g/mol. The number of hydrogen-bond donors (Lipinski definition) is 1. The first-order chi connectivity index (χ1) is 7.20. The van der Waals surface area contributed by atoms with Crippen LogP contribution in [0.15, 0.2) is 12.1 Å². The maximum absolute atomic E-state index is 13.8. The molecule has 1 aliphatic heterocycles. The van der Waals surface area contributed by atoms with Crippen LogP contribution in [0.1, 0.15) is 24.3 Å². The van der Waals surface area contributed by atoms with Crippen molar-refractivity contribution >= 4 is 23.2 Å². The molecule has 2 rings (SSSR count). The standard InChI is InChI=1S/C11H12Cl2FN/c12-8-1-2-9(13)11(14)10(8)7-3-5-15-6-4-7/h1-2,7,15H,3-6H2. The lowest BCUT2D eigenvalue weighted by molar-refractivity contribution is 0.445. The Morgan fingerprint density at radius 2 is 1.73 bits per heavy atom. The second-order valence-corrected chi connectivity index (χ2v) is 4.60. The molecule has 15 heavy (non-hydrogen) atoms. The van der Waals surface area contributed by atoms with E-state index in [1.807, 2.05) is 0 Å². The van der Waals surface area contributed by atoms with Crippen molar-refractivity contribution < 1.29 is 4.39 Å². The Morgan fingerprint density at radius 3 is 2.40 bits per heavy atom. The number of benzene rings is 1. The average Bonchev–Trinajstić information content (AvgIpc) is 2.26. The maximum Gasteiger partial charge on any atom is 0.146 e. The molecule has 0 aliphatic carbocycles. The molecule has 0 aromatic heterocycles. The van der Waals surface area contributed by atoms with Gasteiger partial charge in [-0.2, -0.15) is 0 Å². The van der Waals surface area contributed by atoms with Gasteiger partial charge in [-0.15, -0.1) is 0 Å². The molecule has 0 saturated carbocycles. The first-order valence-corrected chi connectivity index (χ1v) is 5.80. The van der Waals surface area contributed by atoms with Crippen molar-refractivity contribution in [3.63, 3.8) is 0 Å². The van der Waals surface area contributed by atoms with Crippen molar-refractivity contribution in [3.8, 4) is 0 Å². The molecule has 1 aromatic rings. The summed E-state index contributed by atoms with van der Waals surface area (Å²) in [6, 6.07) is 3.17. The van der Waals surface area contributed by atoms with Crippen LogP contribution in [0.2, 0.25) is 10.0 Å². The van der Waals surface area contributed by atoms with Crippen LogP contribution in [-0.4, -0.2) is 13.1 Å². The molecular formula is C11H12Cl2FN. The van der Waals surface area contributed by atoms with Gasteiger partial charge in [0.1, 0.15) is 5.82 Å². The van der Waals surface area contributed by atoms with Crippen LogP contribution in [0.4, 0.5) is 4.39 Å². The van der Waals surface area contributed by atoms with Crippen LogP contribution < -0.4 is 5.32 Å². The first kappa shape index (κ1) is 11.2. The summed E-state index contributed by atoms with van der Waals surface area (Å²) in [6.07, 6.45) is 1.83. The zero-order valence-corrected chi connectivity index (χ0v) is 9.71. The maximum atomic E-state index is 13.8. The van der Waals surface area contributed by atoms with Crippen LogP contribution in [-0.2, 0) is 0 Å². The molecule has 1 aromatic carbocycles. The zero-order valence-electron chi connectivity index (χ0n) is 8.19. The minimum Gasteiger partial charge on any atom is -0.317 e. The van der Waals surface area contributed by atoms with Crippen LogP contribution in [0.3, 0.4) is 0 Å². The lowest BCUT2D eigenvalue weighted by Gasteiger charge is -2.24. The van der Waals surface area contributed by atoms with Gasteiger partial charge in [-0.1, -0.05) is 23.2 Å². The van der Waals surface area contributed by atoms with E-state index in [-0.39, 0.29) is 16.8 Å². The molecule has 0 bridgehead atoms. The van der Waals surface area contributed by atoms with Crippen molar-refractivity contribution in [1.82, 2.24) is 5.32 Å². The summed E-state index contributed by atoms with van der Waals surface area (Å²) in [4.78, 5) is 0. The largest absolute Gasteiger partial charge is 0.317 e. The summed E-state index contributed by atoms with van der Waals surface area (Å²) < 4.78 is 13.8. The fraction of sp³-hybridized carbons (Fsp3) is 0.455. The smallest absolute Gasteiger partial charge is 0.146 e. The Morgan fingerprint density at radius 1 is 1.13 bits per heavy atom. The Kier molecular flexibility index (Phi) is 3.49. The molecule has 0 spiro atoms. The van der Waals surface area contributed by atoms with E-state index in [1.54, 1.807) is 6.07 Å². The van der Waals surface area contributed by atoms with Crippen molar-refractivity contribution in [2.45, 2.75) is 18.8 Å². The molecule has 1 heterocycles. The summed E-state index contributed by atoms with van der Waals surface area (Å²) in [5.41, 5.74) is 0.589. The highest BCUT2D eigenvalue weighted by Crippen LogP contribution is 2.35. The molecule has 1 nitrogen and oxygen atoms in total. The molecule has 4 heteroatoms. The van der Waals surface area contributed by atoms with Crippen LogP contribution >= 0.6 is 23.2 Å². The minimum absolute atomic E-state index is 0.160. The summed E-state index contributed by atoms with van der Waals surface area (Å²) in [5.74, 6) is -0.159. The highest BCUT2D eigenvalue weighted by atomic mass is 35.5. The van der Waals surface area contributed by atoms with Gasteiger partial charge in [-0.25, -0.2) is 4.39 Å². The van der Waals surface area contributed by atoms with E-state index in [1.165, 1.54) is 6.07 Å². The van der Waals surface area contributed by atoms with Crippen LogP contribution in [0.5, 0.6) is 0 Å². The fourth-order valence-electron chi connectivity index (χ4n) is 2.03. The van der Waals surface area contributed by atoms with Gasteiger partial charge in [0, 0.05) is 10.6 Å². The number of piperidine rings is 1. The Hall–Kier alpha value is -0.310. The van der Waals surface area contributed by atoms with E-state index in [0.717, 1.165) is 25.9 Å². The van der Waals surface area contributed by atoms with Crippen LogP contribution in [0, 0.1) is 5.82 Å². The first-order valence-electron chi connectivity index (χ1n) is 5.04. The molecule has 1 N–H and O–H groups in total. The van der Waals surface area contributed by atoms with Gasteiger partial charge in [-0.3, -0.25) is 0 Å². The molecule has 0 amide bonds. The zero-order chi connectivity index (χ0) is 10.8. The third kappa shape index (κ3) is 2.27. The molecule has 0 atom stereocenters. The van der Waals surface area contributed by atoms with E-state index in [2.05, 4.69) is 5.32 Å². The van der Waals surface area contributed by atoms with E-state index in [9.17, 15) is 4.39 Å². The second kappa shape index (κ2) is 4.69. The average molecular weight is 248 g/mol. The van der Waals surface area contributed by atoms with Gasteiger partial charge < -0.3 is 5.32 Å². The van der Waals surface area contributed by atoms with Crippen LogP contribution in [0.25, 0.3) is 0 Å². The fourth-order valence-corrected chi connectivity index (χ4v) is 2.49. The summed E-state index contributed by atoms with van der Waals surface area (Å²) >= 11 is 11.8. The van der Waals surface area contributed by atoms with Gasteiger partial charge in [0.05, 0.1) is 5.02 Å². The predicted octanol–water partition coefficient (Wildman–Crippen LogP) is 3.60. The van der Waals surface area contributed by atoms with Gasteiger partial charge >= 0.3 is 0 Å². The SMILES string of the molecule is Fc1c(Cl)ccc(Cl)c1C1CCNCC1.